The van der Waals surface area contributed by atoms with Crippen LogP contribution in [0.1, 0.15) is 19.8 Å². The van der Waals surface area contributed by atoms with Crippen molar-refractivity contribution in [2.45, 2.75) is 24.7 Å². The third-order valence-corrected chi connectivity index (χ3v) is 3.40. The number of anilines is 1. The maximum atomic E-state index is 11.8. The van der Waals surface area contributed by atoms with Crippen molar-refractivity contribution in [3.8, 4) is 0 Å². The van der Waals surface area contributed by atoms with Gasteiger partial charge in [0.25, 0.3) is 0 Å². The summed E-state index contributed by atoms with van der Waals surface area (Å²) in [6, 6.07) is 8.07. The molecule has 0 spiro atoms. The minimum atomic E-state index is 0.117. The molecule has 1 aromatic rings. The highest BCUT2D eigenvalue weighted by Gasteiger charge is 2.09. The van der Waals surface area contributed by atoms with Gasteiger partial charge in [0, 0.05) is 24.1 Å². The Morgan fingerprint density at radius 2 is 2.00 bits per heavy atom. The molecule has 0 bridgehead atoms. The Bertz CT molecular complexity index is 351. The van der Waals surface area contributed by atoms with Crippen molar-refractivity contribution in [1.29, 1.82) is 0 Å². The highest BCUT2D eigenvalue weighted by atomic mass is 32.2. The molecule has 2 N–H and O–H groups in total. The van der Waals surface area contributed by atoms with Gasteiger partial charge >= 0.3 is 0 Å². The quantitative estimate of drug-likeness (QED) is 0.791. The standard InChI is InChI=1S/C13H20N2OS/c1-3-17-12-8-6-11(7-9-12)15(2)13(16)5-4-10-14/h6-9H,3-5,10,14H2,1-2H3. The van der Waals surface area contributed by atoms with Gasteiger partial charge in [-0.1, -0.05) is 6.92 Å². The summed E-state index contributed by atoms with van der Waals surface area (Å²) >= 11 is 1.80. The summed E-state index contributed by atoms with van der Waals surface area (Å²) in [7, 11) is 1.81. The van der Waals surface area contributed by atoms with Crippen molar-refractivity contribution in [2.24, 2.45) is 5.73 Å². The van der Waals surface area contributed by atoms with Gasteiger partial charge in [0.15, 0.2) is 0 Å². The first-order valence-electron chi connectivity index (χ1n) is 5.88. The molecule has 0 saturated carbocycles. The molecule has 0 aliphatic rings. The molecule has 3 nitrogen and oxygen atoms in total. The summed E-state index contributed by atoms with van der Waals surface area (Å²) in [4.78, 5) is 14.7. The summed E-state index contributed by atoms with van der Waals surface area (Å²) in [6.45, 7) is 2.69. The summed E-state index contributed by atoms with van der Waals surface area (Å²) in [5.74, 6) is 1.18. The molecule has 1 rings (SSSR count). The average molecular weight is 252 g/mol. The molecule has 0 aliphatic carbocycles. The van der Waals surface area contributed by atoms with E-state index in [0.29, 0.717) is 13.0 Å². The molecule has 1 aromatic carbocycles. The van der Waals surface area contributed by atoms with E-state index in [4.69, 9.17) is 5.73 Å². The van der Waals surface area contributed by atoms with Gasteiger partial charge in [-0.05, 0) is 43.0 Å². The van der Waals surface area contributed by atoms with E-state index in [-0.39, 0.29) is 5.91 Å². The molecule has 94 valence electrons. The molecular weight excluding hydrogens is 232 g/mol. The smallest absolute Gasteiger partial charge is 0.226 e. The lowest BCUT2D eigenvalue weighted by Crippen LogP contribution is -2.26. The van der Waals surface area contributed by atoms with Crippen LogP contribution in [0.4, 0.5) is 5.69 Å². The first kappa shape index (κ1) is 14.1. The maximum Gasteiger partial charge on any atom is 0.226 e. The number of rotatable bonds is 6. The first-order chi connectivity index (χ1) is 8.19. The van der Waals surface area contributed by atoms with Gasteiger partial charge in [0.2, 0.25) is 5.91 Å². The number of hydrogen-bond donors (Lipinski definition) is 1. The summed E-state index contributed by atoms with van der Waals surface area (Å²) in [5.41, 5.74) is 6.33. The lowest BCUT2D eigenvalue weighted by atomic mass is 10.2. The number of nitrogens with zero attached hydrogens (tertiary/aromatic N) is 1. The monoisotopic (exact) mass is 252 g/mol. The van der Waals surface area contributed by atoms with Crippen LogP contribution in [0.15, 0.2) is 29.2 Å². The lowest BCUT2D eigenvalue weighted by Gasteiger charge is -2.17. The zero-order chi connectivity index (χ0) is 12.7. The molecule has 0 atom stereocenters. The molecular formula is C13H20N2OS. The van der Waals surface area contributed by atoms with E-state index < -0.39 is 0 Å². The Morgan fingerprint density at radius 3 is 2.53 bits per heavy atom. The summed E-state index contributed by atoms with van der Waals surface area (Å²) in [6.07, 6.45) is 1.26. The average Bonchev–Trinajstić information content (AvgIpc) is 2.36. The highest BCUT2D eigenvalue weighted by Crippen LogP contribution is 2.21. The van der Waals surface area contributed by atoms with Crippen LogP contribution >= 0.6 is 11.8 Å². The predicted molar refractivity (Wildman–Crippen MR) is 74.5 cm³/mol. The Hall–Kier alpha value is -1.00. The Labute approximate surface area is 107 Å². The summed E-state index contributed by atoms with van der Waals surface area (Å²) < 4.78 is 0. The molecule has 4 heteroatoms. The van der Waals surface area contributed by atoms with Gasteiger partial charge in [-0.25, -0.2) is 0 Å². The van der Waals surface area contributed by atoms with E-state index in [1.165, 1.54) is 4.90 Å². The fraction of sp³-hybridized carbons (Fsp3) is 0.462. The second kappa shape index (κ2) is 7.35. The molecule has 0 heterocycles. The number of nitrogens with two attached hydrogens (primary N) is 1. The number of carbonyl (C=O) groups is 1. The number of hydrogen-bond acceptors (Lipinski definition) is 3. The van der Waals surface area contributed by atoms with E-state index in [1.807, 2.05) is 12.1 Å². The molecule has 0 fully saturated rings. The van der Waals surface area contributed by atoms with Crippen molar-refractivity contribution in [3.05, 3.63) is 24.3 Å². The number of carbonyl (C=O) groups excluding carboxylic acids is 1. The van der Waals surface area contributed by atoms with Crippen molar-refractivity contribution in [1.82, 2.24) is 0 Å². The molecule has 17 heavy (non-hydrogen) atoms. The van der Waals surface area contributed by atoms with E-state index in [9.17, 15) is 4.79 Å². The van der Waals surface area contributed by atoms with Crippen LogP contribution in [0, 0.1) is 0 Å². The van der Waals surface area contributed by atoms with Gasteiger partial charge in [-0.2, -0.15) is 0 Å². The zero-order valence-corrected chi connectivity index (χ0v) is 11.3. The lowest BCUT2D eigenvalue weighted by molar-refractivity contribution is -0.118. The molecule has 0 saturated heterocycles. The fourth-order valence-corrected chi connectivity index (χ4v) is 2.16. The largest absolute Gasteiger partial charge is 0.330 e. The zero-order valence-electron chi connectivity index (χ0n) is 10.5. The summed E-state index contributed by atoms with van der Waals surface area (Å²) in [5, 5.41) is 0. The molecule has 0 radical (unpaired) electrons. The van der Waals surface area contributed by atoms with Gasteiger partial charge in [0.1, 0.15) is 0 Å². The second-order valence-corrected chi connectivity index (χ2v) is 5.11. The minimum absolute atomic E-state index is 0.117. The third kappa shape index (κ3) is 4.40. The third-order valence-electron chi connectivity index (χ3n) is 2.50. The van der Waals surface area contributed by atoms with Crippen LogP contribution in [0.3, 0.4) is 0 Å². The number of thioether (sulfide) groups is 1. The fourth-order valence-electron chi connectivity index (χ4n) is 1.50. The normalized spacial score (nSPS) is 10.3. The first-order valence-corrected chi connectivity index (χ1v) is 6.87. The Balaban J connectivity index is 2.62. The SMILES string of the molecule is CCSc1ccc(N(C)C(=O)CCCN)cc1. The van der Waals surface area contributed by atoms with Gasteiger partial charge in [0.05, 0.1) is 0 Å². The Morgan fingerprint density at radius 1 is 1.35 bits per heavy atom. The van der Waals surface area contributed by atoms with Crippen LogP contribution in [-0.2, 0) is 4.79 Å². The topological polar surface area (TPSA) is 46.3 Å². The van der Waals surface area contributed by atoms with E-state index in [0.717, 1.165) is 17.9 Å². The van der Waals surface area contributed by atoms with Crippen LogP contribution in [0.25, 0.3) is 0 Å². The highest BCUT2D eigenvalue weighted by molar-refractivity contribution is 7.99. The number of amides is 1. The van der Waals surface area contributed by atoms with Crippen LogP contribution in [0.5, 0.6) is 0 Å². The Kier molecular flexibility index (Phi) is 6.08. The molecule has 1 amide bonds. The van der Waals surface area contributed by atoms with Crippen LogP contribution < -0.4 is 10.6 Å². The van der Waals surface area contributed by atoms with Crippen LogP contribution in [0.2, 0.25) is 0 Å². The van der Waals surface area contributed by atoms with Gasteiger partial charge in [-0.15, -0.1) is 11.8 Å². The maximum absolute atomic E-state index is 11.8. The minimum Gasteiger partial charge on any atom is -0.330 e. The molecule has 0 unspecified atom stereocenters. The number of benzene rings is 1. The van der Waals surface area contributed by atoms with E-state index >= 15 is 0 Å². The van der Waals surface area contributed by atoms with Crippen molar-refractivity contribution < 1.29 is 4.79 Å². The van der Waals surface area contributed by atoms with Crippen molar-refractivity contribution >= 4 is 23.4 Å². The van der Waals surface area contributed by atoms with Crippen molar-refractivity contribution in [2.75, 3.05) is 24.2 Å². The van der Waals surface area contributed by atoms with Gasteiger partial charge in [-0.3, -0.25) is 4.79 Å². The van der Waals surface area contributed by atoms with E-state index in [2.05, 4.69) is 19.1 Å². The van der Waals surface area contributed by atoms with E-state index in [1.54, 1.807) is 23.7 Å². The van der Waals surface area contributed by atoms with Crippen molar-refractivity contribution in [3.63, 3.8) is 0 Å². The molecule has 0 aromatic heterocycles. The van der Waals surface area contributed by atoms with Crippen LogP contribution in [-0.4, -0.2) is 25.3 Å². The molecule has 0 aliphatic heterocycles. The predicted octanol–water partition coefficient (Wildman–Crippen LogP) is 2.50. The second-order valence-electron chi connectivity index (χ2n) is 3.77. The van der Waals surface area contributed by atoms with Gasteiger partial charge < -0.3 is 10.6 Å².